The molecule has 0 heterocycles. The number of benzene rings is 2. The highest BCUT2D eigenvalue weighted by atomic mass is 32.2. The highest BCUT2D eigenvalue weighted by Gasteiger charge is 2.11. The highest BCUT2D eigenvalue weighted by Crippen LogP contribution is 2.27. The molecule has 0 amide bonds. The van der Waals surface area contributed by atoms with E-state index in [1.54, 1.807) is 17.8 Å². The SMILES string of the molecule is Cc1cccc(SCC(O)c2ccc(F)cc2C)c1. The van der Waals surface area contributed by atoms with E-state index < -0.39 is 6.10 Å². The molecular weight excluding hydrogens is 259 g/mol. The Bertz CT molecular complexity index is 568. The molecule has 0 spiro atoms. The molecule has 0 aliphatic rings. The minimum absolute atomic E-state index is 0.264. The molecule has 0 radical (unpaired) electrons. The lowest BCUT2D eigenvalue weighted by atomic mass is 10.0. The van der Waals surface area contributed by atoms with Crippen molar-refractivity contribution in [3.05, 3.63) is 65.0 Å². The van der Waals surface area contributed by atoms with Gasteiger partial charge in [-0.15, -0.1) is 11.8 Å². The zero-order valence-electron chi connectivity index (χ0n) is 11.1. The van der Waals surface area contributed by atoms with Gasteiger partial charge in [0.25, 0.3) is 0 Å². The Kier molecular flexibility index (Phi) is 4.61. The van der Waals surface area contributed by atoms with Crippen LogP contribution >= 0.6 is 11.8 Å². The van der Waals surface area contributed by atoms with Gasteiger partial charge < -0.3 is 5.11 Å². The van der Waals surface area contributed by atoms with Crippen molar-refractivity contribution >= 4 is 11.8 Å². The van der Waals surface area contributed by atoms with E-state index in [1.165, 1.54) is 17.7 Å². The molecule has 1 nitrogen and oxygen atoms in total. The van der Waals surface area contributed by atoms with Crippen LogP contribution in [0.3, 0.4) is 0 Å². The Morgan fingerprint density at radius 1 is 1.16 bits per heavy atom. The predicted molar refractivity (Wildman–Crippen MR) is 78.0 cm³/mol. The molecule has 2 aromatic rings. The molecule has 0 saturated heterocycles. The normalized spacial score (nSPS) is 12.4. The Hall–Kier alpha value is -1.32. The van der Waals surface area contributed by atoms with Crippen LogP contribution < -0.4 is 0 Å². The maximum Gasteiger partial charge on any atom is 0.123 e. The summed E-state index contributed by atoms with van der Waals surface area (Å²) in [6.07, 6.45) is -0.578. The third kappa shape index (κ3) is 3.82. The van der Waals surface area contributed by atoms with Crippen molar-refractivity contribution in [2.24, 2.45) is 0 Å². The van der Waals surface area contributed by atoms with Crippen LogP contribution in [0.2, 0.25) is 0 Å². The van der Waals surface area contributed by atoms with Crippen LogP contribution in [0.5, 0.6) is 0 Å². The minimum atomic E-state index is -0.578. The van der Waals surface area contributed by atoms with Crippen LogP contribution in [0.25, 0.3) is 0 Å². The van der Waals surface area contributed by atoms with Crippen molar-refractivity contribution in [3.63, 3.8) is 0 Å². The molecule has 1 atom stereocenters. The Labute approximate surface area is 117 Å². The predicted octanol–water partition coefficient (Wildman–Crippen LogP) is 4.27. The van der Waals surface area contributed by atoms with Crippen molar-refractivity contribution < 1.29 is 9.50 Å². The van der Waals surface area contributed by atoms with Gasteiger partial charge in [-0.3, -0.25) is 0 Å². The molecule has 0 aliphatic heterocycles. The van der Waals surface area contributed by atoms with Crippen molar-refractivity contribution in [2.45, 2.75) is 24.8 Å². The van der Waals surface area contributed by atoms with Crippen LogP contribution in [-0.2, 0) is 0 Å². The third-order valence-corrected chi connectivity index (χ3v) is 4.06. The van der Waals surface area contributed by atoms with Gasteiger partial charge >= 0.3 is 0 Å². The summed E-state index contributed by atoms with van der Waals surface area (Å²) in [5.41, 5.74) is 2.79. The average molecular weight is 276 g/mol. The summed E-state index contributed by atoms with van der Waals surface area (Å²) in [5.74, 6) is 0.301. The van der Waals surface area contributed by atoms with Crippen LogP contribution in [-0.4, -0.2) is 10.9 Å². The van der Waals surface area contributed by atoms with Crippen molar-refractivity contribution in [1.82, 2.24) is 0 Å². The summed E-state index contributed by atoms with van der Waals surface area (Å²) in [7, 11) is 0. The molecule has 0 saturated carbocycles. The van der Waals surface area contributed by atoms with E-state index in [0.29, 0.717) is 5.75 Å². The number of thioether (sulfide) groups is 1. The third-order valence-electron chi connectivity index (χ3n) is 2.99. The minimum Gasteiger partial charge on any atom is -0.388 e. The molecule has 0 bridgehead atoms. The van der Waals surface area contributed by atoms with Gasteiger partial charge in [-0.1, -0.05) is 23.8 Å². The van der Waals surface area contributed by atoms with E-state index in [-0.39, 0.29) is 5.82 Å². The first kappa shape index (κ1) is 14.1. The summed E-state index contributed by atoms with van der Waals surface area (Å²) in [6, 6.07) is 12.7. The second kappa shape index (κ2) is 6.22. The van der Waals surface area contributed by atoms with Crippen LogP contribution in [0.4, 0.5) is 4.39 Å². The number of aliphatic hydroxyl groups excluding tert-OH is 1. The molecular formula is C16H17FOS. The van der Waals surface area contributed by atoms with E-state index in [4.69, 9.17) is 0 Å². The van der Waals surface area contributed by atoms with E-state index in [0.717, 1.165) is 16.0 Å². The molecule has 19 heavy (non-hydrogen) atoms. The molecule has 0 aromatic heterocycles. The lowest BCUT2D eigenvalue weighted by Crippen LogP contribution is -2.03. The lowest BCUT2D eigenvalue weighted by molar-refractivity contribution is 0.203. The average Bonchev–Trinajstić information content (AvgIpc) is 2.36. The number of hydrogen-bond donors (Lipinski definition) is 1. The van der Waals surface area contributed by atoms with E-state index in [2.05, 4.69) is 6.07 Å². The Morgan fingerprint density at radius 2 is 1.95 bits per heavy atom. The molecule has 1 N–H and O–H groups in total. The fourth-order valence-electron chi connectivity index (χ4n) is 1.98. The van der Waals surface area contributed by atoms with Gasteiger partial charge in [-0.05, 0) is 49.2 Å². The molecule has 100 valence electrons. The number of aryl methyl sites for hydroxylation is 2. The fourth-order valence-corrected chi connectivity index (χ4v) is 2.96. The largest absolute Gasteiger partial charge is 0.388 e. The van der Waals surface area contributed by atoms with E-state index >= 15 is 0 Å². The molecule has 0 aliphatic carbocycles. The maximum atomic E-state index is 13.0. The number of halogens is 1. The highest BCUT2D eigenvalue weighted by molar-refractivity contribution is 7.99. The smallest absolute Gasteiger partial charge is 0.123 e. The van der Waals surface area contributed by atoms with Crippen molar-refractivity contribution in [1.29, 1.82) is 0 Å². The van der Waals surface area contributed by atoms with Crippen molar-refractivity contribution in [2.75, 3.05) is 5.75 Å². The molecule has 3 heteroatoms. The van der Waals surface area contributed by atoms with Gasteiger partial charge in [0.2, 0.25) is 0 Å². The van der Waals surface area contributed by atoms with Crippen LogP contribution in [0.1, 0.15) is 22.8 Å². The fraction of sp³-hybridized carbons (Fsp3) is 0.250. The number of rotatable bonds is 4. The van der Waals surface area contributed by atoms with Gasteiger partial charge in [-0.2, -0.15) is 0 Å². The summed E-state index contributed by atoms with van der Waals surface area (Å²) >= 11 is 1.61. The summed E-state index contributed by atoms with van der Waals surface area (Å²) < 4.78 is 13.0. The Balaban J connectivity index is 2.03. The number of aliphatic hydroxyl groups is 1. The second-order valence-corrected chi connectivity index (χ2v) is 5.74. The summed E-state index contributed by atoms with van der Waals surface area (Å²) in [5, 5.41) is 10.2. The van der Waals surface area contributed by atoms with Gasteiger partial charge in [0.15, 0.2) is 0 Å². The standard InChI is InChI=1S/C16H17FOS/c1-11-4-3-5-14(8-11)19-10-16(18)15-7-6-13(17)9-12(15)2/h3-9,16,18H,10H2,1-2H3. The van der Waals surface area contributed by atoms with Crippen LogP contribution in [0, 0.1) is 19.7 Å². The first-order chi connectivity index (χ1) is 9.06. The second-order valence-electron chi connectivity index (χ2n) is 4.64. The first-order valence-electron chi connectivity index (χ1n) is 6.20. The van der Waals surface area contributed by atoms with Crippen molar-refractivity contribution in [3.8, 4) is 0 Å². The number of hydrogen-bond acceptors (Lipinski definition) is 2. The molecule has 0 fully saturated rings. The topological polar surface area (TPSA) is 20.2 Å². The quantitative estimate of drug-likeness (QED) is 0.842. The zero-order valence-corrected chi connectivity index (χ0v) is 11.9. The summed E-state index contributed by atoms with van der Waals surface area (Å²) in [4.78, 5) is 1.14. The lowest BCUT2D eigenvalue weighted by Gasteiger charge is -2.13. The summed E-state index contributed by atoms with van der Waals surface area (Å²) in [6.45, 7) is 3.86. The maximum absolute atomic E-state index is 13.0. The van der Waals surface area contributed by atoms with Gasteiger partial charge in [0.05, 0.1) is 6.10 Å². The first-order valence-corrected chi connectivity index (χ1v) is 7.18. The monoisotopic (exact) mass is 276 g/mol. The van der Waals surface area contributed by atoms with Gasteiger partial charge in [-0.25, -0.2) is 4.39 Å². The van der Waals surface area contributed by atoms with E-state index in [1.807, 2.05) is 32.0 Å². The van der Waals surface area contributed by atoms with Crippen LogP contribution in [0.15, 0.2) is 47.4 Å². The van der Waals surface area contributed by atoms with Gasteiger partial charge in [0, 0.05) is 10.6 Å². The van der Waals surface area contributed by atoms with E-state index in [9.17, 15) is 9.50 Å². The molecule has 1 unspecified atom stereocenters. The molecule has 2 rings (SSSR count). The zero-order chi connectivity index (χ0) is 13.8. The Morgan fingerprint density at radius 3 is 2.63 bits per heavy atom. The van der Waals surface area contributed by atoms with Gasteiger partial charge in [0.1, 0.15) is 5.82 Å². The molecule has 2 aromatic carbocycles.